The number of hydrogen-bond acceptors (Lipinski definition) is 8. The van der Waals surface area contributed by atoms with Crippen LogP contribution < -0.4 is 0 Å². The molecule has 0 aliphatic carbocycles. The van der Waals surface area contributed by atoms with Gasteiger partial charge in [0, 0.05) is 17.8 Å². The van der Waals surface area contributed by atoms with Crippen LogP contribution >= 0.6 is 0 Å². The van der Waals surface area contributed by atoms with Crippen molar-refractivity contribution in [1.82, 2.24) is 45.4 Å². The molecule has 170 valence electrons. The van der Waals surface area contributed by atoms with Crippen molar-refractivity contribution in [2.24, 2.45) is 0 Å². The van der Waals surface area contributed by atoms with Crippen LogP contribution in [0.5, 0.6) is 0 Å². The van der Waals surface area contributed by atoms with Crippen molar-refractivity contribution in [3.8, 4) is 0 Å². The number of aliphatic hydroxyl groups is 1. The number of nitrogens with zero attached hydrogens (tertiary/aromatic N) is 9. The number of hydrogen-bond donors (Lipinski definition) is 1. The van der Waals surface area contributed by atoms with Gasteiger partial charge < -0.3 is 5.11 Å². The molecular formula is C19H15F4N9O. The van der Waals surface area contributed by atoms with Gasteiger partial charge in [-0.15, -0.1) is 10.2 Å². The lowest BCUT2D eigenvalue weighted by atomic mass is 9.84. The summed E-state index contributed by atoms with van der Waals surface area (Å²) >= 11 is 0. The third-order valence-corrected chi connectivity index (χ3v) is 4.78. The van der Waals surface area contributed by atoms with Crippen LogP contribution in [0, 0.1) is 11.6 Å². The molecule has 3 aromatic heterocycles. The van der Waals surface area contributed by atoms with Gasteiger partial charge in [0.05, 0.1) is 13.1 Å². The second kappa shape index (κ2) is 8.82. The molecule has 0 fully saturated rings. The molecule has 4 aromatic rings. The van der Waals surface area contributed by atoms with E-state index >= 15 is 8.78 Å². The molecule has 1 unspecified atom stereocenters. The van der Waals surface area contributed by atoms with Gasteiger partial charge in [-0.05, 0) is 44.6 Å². The first-order valence-corrected chi connectivity index (χ1v) is 9.40. The predicted octanol–water partition coefficient (Wildman–Crippen LogP) is 1.73. The number of pyridine rings is 1. The van der Waals surface area contributed by atoms with Gasteiger partial charge in [0.2, 0.25) is 0 Å². The summed E-state index contributed by atoms with van der Waals surface area (Å²) in [7, 11) is 0. The fraction of sp³-hybridized carbons (Fsp3) is 0.211. The highest BCUT2D eigenvalue weighted by molar-refractivity contribution is 5.48. The number of benzene rings is 1. The van der Waals surface area contributed by atoms with Gasteiger partial charge in [-0.2, -0.15) is 8.78 Å². The van der Waals surface area contributed by atoms with Gasteiger partial charge in [0.15, 0.2) is 5.60 Å². The Kier molecular flexibility index (Phi) is 5.91. The third kappa shape index (κ3) is 4.45. The standard InChI is InChI=1S/C19H15F4N9O/c20-14-4-5-15(16(21)8-14)18(33,10-32-12-26-28-30-32)19(22,23)17-6-3-13(9-24-17)2-1-7-31-11-25-27-29-31/h1-6,8-9,11-12,33H,7,10H2/b2-1+. The largest absolute Gasteiger partial charge is 0.377 e. The minimum Gasteiger partial charge on any atom is -0.377 e. The second-order valence-corrected chi connectivity index (χ2v) is 6.98. The minimum absolute atomic E-state index is 0.348. The van der Waals surface area contributed by atoms with Crippen molar-refractivity contribution in [1.29, 1.82) is 0 Å². The van der Waals surface area contributed by atoms with Crippen LogP contribution in [0.1, 0.15) is 16.8 Å². The fourth-order valence-electron chi connectivity index (χ4n) is 3.13. The summed E-state index contributed by atoms with van der Waals surface area (Å²) in [5, 5.41) is 31.9. The summed E-state index contributed by atoms with van der Waals surface area (Å²) in [6.07, 6.45) is 6.86. The van der Waals surface area contributed by atoms with Crippen molar-refractivity contribution in [3.63, 3.8) is 0 Å². The summed E-state index contributed by atoms with van der Waals surface area (Å²) in [4.78, 5) is 3.77. The fourth-order valence-corrected chi connectivity index (χ4v) is 3.13. The smallest absolute Gasteiger partial charge is 0.323 e. The molecule has 0 amide bonds. The van der Waals surface area contributed by atoms with Crippen LogP contribution in [0.3, 0.4) is 0 Å². The van der Waals surface area contributed by atoms with Gasteiger partial charge in [-0.3, -0.25) is 4.98 Å². The number of alkyl halides is 2. The molecule has 3 heterocycles. The van der Waals surface area contributed by atoms with Gasteiger partial charge >= 0.3 is 5.92 Å². The van der Waals surface area contributed by atoms with Crippen molar-refractivity contribution in [2.75, 3.05) is 0 Å². The number of tetrazole rings is 2. The molecule has 1 aromatic carbocycles. The molecule has 0 aliphatic rings. The molecule has 1 N–H and O–H groups in total. The zero-order valence-corrected chi connectivity index (χ0v) is 16.7. The zero-order valence-electron chi connectivity index (χ0n) is 16.7. The molecular weight excluding hydrogens is 446 g/mol. The van der Waals surface area contributed by atoms with Crippen LogP contribution in [0.2, 0.25) is 0 Å². The maximum atomic E-state index is 15.6. The highest BCUT2D eigenvalue weighted by Crippen LogP contribution is 2.46. The third-order valence-electron chi connectivity index (χ3n) is 4.78. The first-order valence-electron chi connectivity index (χ1n) is 9.40. The monoisotopic (exact) mass is 461 g/mol. The average Bonchev–Trinajstić information content (AvgIpc) is 3.48. The molecule has 0 spiro atoms. The Morgan fingerprint density at radius 1 is 0.970 bits per heavy atom. The normalized spacial score (nSPS) is 14.0. The van der Waals surface area contributed by atoms with Crippen LogP contribution in [0.25, 0.3) is 6.08 Å². The van der Waals surface area contributed by atoms with Crippen LogP contribution in [0.15, 0.2) is 55.3 Å². The average molecular weight is 461 g/mol. The molecule has 0 bridgehead atoms. The lowest BCUT2D eigenvalue weighted by Crippen LogP contribution is -2.48. The van der Waals surface area contributed by atoms with E-state index in [0.29, 0.717) is 18.2 Å². The van der Waals surface area contributed by atoms with Gasteiger partial charge in [0.1, 0.15) is 30.0 Å². The Morgan fingerprint density at radius 2 is 1.70 bits per heavy atom. The lowest BCUT2D eigenvalue weighted by molar-refractivity contribution is -0.207. The molecule has 10 nitrogen and oxygen atoms in total. The second-order valence-electron chi connectivity index (χ2n) is 6.98. The highest BCUT2D eigenvalue weighted by atomic mass is 19.3. The molecule has 4 rings (SSSR count). The van der Waals surface area contributed by atoms with E-state index in [0.717, 1.165) is 35.4 Å². The minimum atomic E-state index is -4.12. The predicted molar refractivity (Wildman–Crippen MR) is 103 cm³/mol. The van der Waals surface area contributed by atoms with E-state index in [1.807, 2.05) is 0 Å². The Balaban J connectivity index is 1.66. The van der Waals surface area contributed by atoms with E-state index in [4.69, 9.17) is 0 Å². The topological polar surface area (TPSA) is 120 Å². The first kappa shape index (κ1) is 22.1. The van der Waals surface area contributed by atoms with Crippen LogP contribution in [-0.2, 0) is 24.6 Å². The van der Waals surface area contributed by atoms with Crippen molar-refractivity contribution < 1.29 is 22.7 Å². The zero-order chi connectivity index (χ0) is 23.5. The summed E-state index contributed by atoms with van der Waals surface area (Å²) in [5.41, 5.74) is -4.37. The summed E-state index contributed by atoms with van der Waals surface area (Å²) < 4.78 is 61.4. The van der Waals surface area contributed by atoms with Crippen LogP contribution in [-0.4, -0.2) is 50.5 Å². The Bertz CT molecular complexity index is 1230. The molecule has 0 aliphatic heterocycles. The quantitative estimate of drug-likeness (QED) is 0.394. The van der Waals surface area contributed by atoms with Crippen molar-refractivity contribution >= 4 is 6.08 Å². The first-order chi connectivity index (χ1) is 15.8. The molecule has 14 heteroatoms. The van der Waals surface area contributed by atoms with Crippen molar-refractivity contribution in [3.05, 3.63) is 83.7 Å². The molecule has 33 heavy (non-hydrogen) atoms. The maximum absolute atomic E-state index is 15.6. The van der Waals surface area contributed by atoms with E-state index in [-0.39, 0.29) is 0 Å². The van der Waals surface area contributed by atoms with Gasteiger partial charge in [-0.25, -0.2) is 18.1 Å². The van der Waals surface area contributed by atoms with E-state index in [1.165, 1.54) is 17.1 Å². The number of allylic oxidation sites excluding steroid dienone is 1. The van der Waals surface area contributed by atoms with Gasteiger partial charge in [-0.1, -0.05) is 18.2 Å². The van der Waals surface area contributed by atoms with Crippen molar-refractivity contribution in [2.45, 2.75) is 24.6 Å². The van der Waals surface area contributed by atoms with E-state index in [1.54, 1.807) is 12.2 Å². The molecule has 1 atom stereocenters. The molecule has 0 saturated carbocycles. The van der Waals surface area contributed by atoms with E-state index in [2.05, 4.69) is 36.0 Å². The Labute approximate surface area is 183 Å². The maximum Gasteiger partial charge on any atom is 0.323 e. The summed E-state index contributed by atoms with van der Waals surface area (Å²) in [5.74, 6) is -6.46. The molecule has 0 radical (unpaired) electrons. The Hall–Kier alpha value is -4.07. The summed E-state index contributed by atoms with van der Waals surface area (Å²) in [6.45, 7) is -0.578. The number of aromatic nitrogens is 9. The van der Waals surface area contributed by atoms with E-state index < -0.39 is 41.0 Å². The summed E-state index contributed by atoms with van der Waals surface area (Å²) in [6, 6.07) is 4.28. The lowest BCUT2D eigenvalue weighted by Gasteiger charge is -2.35. The van der Waals surface area contributed by atoms with Crippen LogP contribution in [0.4, 0.5) is 17.6 Å². The highest BCUT2D eigenvalue weighted by Gasteiger charge is 2.57. The Morgan fingerprint density at radius 3 is 2.30 bits per heavy atom. The van der Waals surface area contributed by atoms with E-state index in [9.17, 15) is 13.9 Å². The van der Waals surface area contributed by atoms with Gasteiger partial charge in [0.25, 0.3) is 0 Å². The number of halogens is 4. The SMILES string of the molecule is OC(Cn1cnnn1)(c1ccc(F)cc1F)C(F)(F)c1ccc(/C=C/Cn2cnnn2)cn1. The number of rotatable bonds is 8. The molecule has 0 saturated heterocycles.